The Balaban J connectivity index is 1.74. The Morgan fingerprint density at radius 3 is 2.73 bits per heavy atom. The SMILES string of the molecule is O=C(CNS(=O)(=O)c1cccs1)NCCc1cccc(Cl)c1. The first-order valence-electron chi connectivity index (χ1n) is 6.52. The Labute approximate surface area is 138 Å². The summed E-state index contributed by atoms with van der Waals surface area (Å²) in [4.78, 5) is 11.7. The van der Waals surface area contributed by atoms with Crippen molar-refractivity contribution in [1.29, 1.82) is 0 Å². The third-order valence-corrected chi connectivity index (χ3v) is 5.84. The van der Waals surface area contributed by atoms with Gasteiger partial charge >= 0.3 is 0 Å². The minimum Gasteiger partial charge on any atom is -0.355 e. The van der Waals surface area contributed by atoms with Crippen LogP contribution in [-0.4, -0.2) is 27.4 Å². The summed E-state index contributed by atoms with van der Waals surface area (Å²) in [5.74, 6) is -0.373. The van der Waals surface area contributed by atoms with Crippen LogP contribution in [0.1, 0.15) is 5.56 Å². The van der Waals surface area contributed by atoms with Crippen LogP contribution >= 0.6 is 22.9 Å². The van der Waals surface area contributed by atoms with Crippen LogP contribution in [-0.2, 0) is 21.2 Å². The average molecular weight is 359 g/mol. The van der Waals surface area contributed by atoms with Gasteiger partial charge in [-0.3, -0.25) is 4.79 Å². The van der Waals surface area contributed by atoms with Crippen LogP contribution < -0.4 is 10.0 Å². The molecule has 0 aliphatic rings. The molecule has 0 fully saturated rings. The number of nitrogens with one attached hydrogen (secondary N) is 2. The summed E-state index contributed by atoms with van der Waals surface area (Å²) in [6.07, 6.45) is 0.629. The van der Waals surface area contributed by atoms with E-state index in [2.05, 4.69) is 10.0 Å². The molecule has 1 heterocycles. The average Bonchev–Trinajstić information content (AvgIpc) is 3.00. The Bertz CT molecular complexity index is 730. The molecule has 1 aromatic heterocycles. The zero-order valence-electron chi connectivity index (χ0n) is 11.6. The monoisotopic (exact) mass is 358 g/mol. The van der Waals surface area contributed by atoms with E-state index in [-0.39, 0.29) is 16.7 Å². The lowest BCUT2D eigenvalue weighted by molar-refractivity contribution is -0.119. The minimum atomic E-state index is -3.60. The van der Waals surface area contributed by atoms with Crippen molar-refractivity contribution in [2.45, 2.75) is 10.6 Å². The Morgan fingerprint density at radius 1 is 1.23 bits per heavy atom. The fraction of sp³-hybridized carbons (Fsp3) is 0.214. The fourth-order valence-corrected chi connectivity index (χ4v) is 3.98. The van der Waals surface area contributed by atoms with E-state index in [1.54, 1.807) is 17.5 Å². The fourth-order valence-electron chi connectivity index (χ4n) is 1.75. The Morgan fingerprint density at radius 2 is 2.05 bits per heavy atom. The quantitative estimate of drug-likeness (QED) is 0.795. The molecule has 0 aliphatic heterocycles. The van der Waals surface area contributed by atoms with Crippen molar-refractivity contribution < 1.29 is 13.2 Å². The van der Waals surface area contributed by atoms with Crippen LogP contribution in [0.2, 0.25) is 5.02 Å². The van der Waals surface area contributed by atoms with E-state index in [1.165, 1.54) is 6.07 Å². The zero-order chi connectivity index (χ0) is 16.0. The summed E-state index contributed by atoms with van der Waals surface area (Å²) in [5, 5.41) is 4.98. The molecule has 118 valence electrons. The van der Waals surface area contributed by atoms with Crippen LogP contribution in [0.25, 0.3) is 0 Å². The molecule has 0 unspecified atom stereocenters. The van der Waals surface area contributed by atoms with Crippen molar-refractivity contribution in [3.63, 3.8) is 0 Å². The van der Waals surface area contributed by atoms with Crippen LogP contribution in [0.15, 0.2) is 46.0 Å². The van der Waals surface area contributed by atoms with Crippen LogP contribution in [0.4, 0.5) is 0 Å². The lowest BCUT2D eigenvalue weighted by Crippen LogP contribution is -2.37. The van der Waals surface area contributed by atoms with Gasteiger partial charge in [0.15, 0.2) is 0 Å². The third kappa shape index (κ3) is 5.10. The van der Waals surface area contributed by atoms with Gasteiger partial charge in [-0.1, -0.05) is 29.8 Å². The van der Waals surface area contributed by atoms with Gasteiger partial charge in [0.2, 0.25) is 5.91 Å². The molecule has 1 amide bonds. The number of carbonyl (C=O) groups is 1. The molecule has 22 heavy (non-hydrogen) atoms. The predicted octanol–water partition coefficient (Wildman–Crippen LogP) is 2.04. The van der Waals surface area contributed by atoms with Gasteiger partial charge in [0.25, 0.3) is 10.0 Å². The van der Waals surface area contributed by atoms with Gasteiger partial charge in [0.05, 0.1) is 6.54 Å². The summed E-state index contributed by atoms with van der Waals surface area (Å²) in [7, 11) is -3.60. The molecule has 8 heteroatoms. The highest BCUT2D eigenvalue weighted by atomic mass is 35.5. The summed E-state index contributed by atoms with van der Waals surface area (Å²) in [6.45, 7) is 0.135. The van der Waals surface area contributed by atoms with E-state index in [4.69, 9.17) is 11.6 Å². The number of halogens is 1. The van der Waals surface area contributed by atoms with E-state index < -0.39 is 10.0 Å². The first-order chi connectivity index (χ1) is 10.5. The summed E-state index contributed by atoms with van der Waals surface area (Å²) < 4.78 is 26.1. The second-order valence-electron chi connectivity index (χ2n) is 4.49. The number of benzene rings is 1. The number of amides is 1. The Hall–Kier alpha value is -1.41. The summed E-state index contributed by atoms with van der Waals surface area (Å²) in [6, 6.07) is 10.5. The molecule has 0 saturated carbocycles. The lowest BCUT2D eigenvalue weighted by atomic mass is 10.1. The van der Waals surface area contributed by atoms with Gasteiger partial charge in [-0.15, -0.1) is 11.3 Å². The highest BCUT2D eigenvalue weighted by Crippen LogP contribution is 2.14. The van der Waals surface area contributed by atoms with Crippen molar-refractivity contribution >= 4 is 38.9 Å². The first-order valence-corrected chi connectivity index (χ1v) is 9.26. The van der Waals surface area contributed by atoms with E-state index in [0.717, 1.165) is 16.9 Å². The highest BCUT2D eigenvalue weighted by molar-refractivity contribution is 7.91. The van der Waals surface area contributed by atoms with Gasteiger partial charge in [-0.2, -0.15) is 0 Å². The number of hydrogen-bond donors (Lipinski definition) is 2. The molecule has 0 bridgehead atoms. The molecule has 5 nitrogen and oxygen atoms in total. The molecular formula is C14H15ClN2O3S2. The maximum atomic E-state index is 11.8. The predicted molar refractivity (Wildman–Crippen MR) is 87.7 cm³/mol. The summed E-state index contributed by atoms with van der Waals surface area (Å²) in [5.41, 5.74) is 1.01. The molecular weight excluding hydrogens is 344 g/mol. The standard InChI is InChI=1S/C14H15ClN2O3S2/c15-12-4-1-3-11(9-12)6-7-16-13(18)10-17-22(19,20)14-5-2-8-21-14/h1-5,8-9,17H,6-7,10H2,(H,16,18). The van der Waals surface area contributed by atoms with Crippen molar-refractivity contribution in [2.75, 3.05) is 13.1 Å². The molecule has 0 radical (unpaired) electrons. The topological polar surface area (TPSA) is 75.3 Å². The van der Waals surface area contributed by atoms with Gasteiger partial charge < -0.3 is 5.32 Å². The maximum Gasteiger partial charge on any atom is 0.250 e. The van der Waals surface area contributed by atoms with E-state index in [9.17, 15) is 13.2 Å². The highest BCUT2D eigenvalue weighted by Gasteiger charge is 2.15. The van der Waals surface area contributed by atoms with Gasteiger partial charge in [0.1, 0.15) is 4.21 Å². The van der Waals surface area contributed by atoms with Crippen molar-refractivity contribution in [1.82, 2.24) is 10.0 Å². The van der Waals surface area contributed by atoms with E-state index >= 15 is 0 Å². The van der Waals surface area contributed by atoms with Crippen LogP contribution in [0, 0.1) is 0 Å². The number of thiophene rings is 1. The lowest BCUT2D eigenvalue weighted by Gasteiger charge is -2.07. The van der Waals surface area contributed by atoms with Crippen molar-refractivity contribution in [3.05, 3.63) is 52.4 Å². The zero-order valence-corrected chi connectivity index (χ0v) is 14.0. The molecule has 2 aromatic rings. The smallest absolute Gasteiger partial charge is 0.250 e. The summed E-state index contributed by atoms with van der Waals surface area (Å²) >= 11 is 6.98. The molecule has 1 aromatic carbocycles. The van der Waals surface area contributed by atoms with Crippen LogP contribution in [0.3, 0.4) is 0 Å². The van der Waals surface area contributed by atoms with Gasteiger partial charge in [0, 0.05) is 11.6 Å². The second-order valence-corrected chi connectivity index (χ2v) is 7.86. The molecule has 0 saturated heterocycles. The number of hydrogen-bond acceptors (Lipinski definition) is 4. The number of carbonyl (C=O) groups excluding carboxylic acids is 1. The van der Waals surface area contributed by atoms with E-state index in [1.807, 2.05) is 18.2 Å². The maximum absolute atomic E-state index is 11.8. The number of sulfonamides is 1. The first kappa shape index (κ1) is 17.0. The third-order valence-electron chi connectivity index (χ3n) is 2.81. The number of rotatable bonds is 7. The van der Waals surface area contributed by atoms with Gasteiger partial charge in [-0.25, -0.2) is 13.1 Å². The Kier molecular flexibility index (Phi) is 5.96. The molecule has 2 rings (SSSR count). The van der Waals surface area contributed by atoms with Crippen molar-refractivity contribution in [3.8, 4) is 0 Å². The molecule has 0 aliphatic carbocycles. The second kappa shape index (κ2) is 7.73. The van der Waals surface area contributed by atoms with Gasteiger partial charge in [-0.05, 0) is 35.6 Å². The minimum absolute atomic E-state index is 0.194. The molecule has 2 N–H and O–H groups in total. The largest absolute Gasteiger partial charge is 0.355 e. The normalized spacial score (nSPS) is 11.3. The van der Waals surface area contributed by atoms with Crippen molar-refractivity contribution in [2.24, 2.45) is 0 Å². The van der Waals surface area contributed by atoms with E-state index in [0.29, 0.717) is 18.0 Å². The van der Waals surface area contributed by atoms with Crippen LogP contribution in [0.5, 0.6) is 0 Å². The molecule has 0 spiro atoms. The molecule has 0 atom stereocenters.